The van der Waals surface area contributed by atoms with Crippen molar-refractivity contribution < 1.29 is 4.52 Å². The SMILES string of the molecule is CCCCOP1SCCC(C)S1. The Hall–Kier alpha value is 1.09. The molecule has 0 spiro atoms. The van der Waals surface area contributed by atoms with Gasteiger partial charge in [0.15, 0.2) is 6.55 Å². The first-order valence-corrected chi connectivity index (χ1v) is 8.89. The molecule has 0 aromatic heterocycles. The van der Waals surface area contributed by atoms with Gasteiger partial charge in [0.25, 0.3) is 0 Å². The predicted octanol–water partition coefficient (Wildman–Crippen LogP) is 4.29. The van der Waals surface area contributed by atoms with Gasteiger partial charge in [-0.3, -0.25) is 0 Å². The van der Waals surface area contributed by atoms with Gasteiger partial charge in [-0.2, -0.15) is 0 Å². The normalized spacial score (nSPS) is 30.5. The molecule has 0 saturated carbocycles. The minimum absolute atomic E-state index is 0.189. The molecular weight excluding hydrogens is 207 g/mol. The van der Waals surface area contributed by atoms with E-state index in [9.17, 15) is 0 Å². The molecule has 4 heteroatoms. The van der Waals surface area contributed by atoms with Crippen LogP contribution in [-0.4, -0.2) is 17.6 Å². The summed E-state index contributed by atoms with van der Waals surface area (Å²) in [5, 5.41) is 0.819. The number of unbranched alkanes of at least 4 members (excludes halogenated alkanes) is 1. The molecule has 1 fully saturated rings. The topological polar surface area (TPSA) is 9.23 Å². The fraction of sp³-hybridized carbons (Fsp3) is 1.00. The Bertz CT molecular complexity index is 124. The van der Waals surface area contributed by atoms with Crippen LogP contribution in [0.5, 0.6) is 0 Å². The van der Waals surface area contributed by atoms with E-state index in [4.69, 9.17) is 4.52 Å². The maximum atomic E-state index is 5.78. The highest BCUT2D eigenvalue weighted by atomic mass is 33.1. The maximum absolute atomic E-state index is 5.78. The number of hydrogen-bond acceptors (Lipinski definition) is 3. The maximum Gasteiger partial charge on any atom is 0.152 e. The van der Waals surface area contributed by atoms with Crippen LogP contribution in [0.2, 0.25) is 0 Å². The van der Waals surface area contributed by atoms with Crippen LogP contribution in [0.1, 0.15) is 33.1 Å². The van der Waals surface area contributed by atoms with Crippen molar-refractivity contribution >= 4 is 29.3 Å². The number of hydrogen-bond donors (Lipinski definition) is 0. The molecule has 1 heterocycles. The third-order valence-electron chi connectivity index (χ3n) is 1.68. The van der Waals surface area contributed by atoms with Crippen LogP contribution in [0, 0.1) is 0 Å². The third kappa shape index (κ3) is 4.36. The average molecular weight is 224 g/mol. The first-order valence-electron chi connectivity index (χ1n) is 4.55. The Balaban J connectivity index is 2.06. The van der Waals surface area contributed by atoms with Crippen molar-refractivity contribution in [3.63, 3.8) is 0 Å². The second-order valence-electron chi connectivity index (χ2n) is 2.95. The summed E-state index contributed by atoms with van der Waals surface area (Å²) in [6.45, 7) is 5.29. The molecule has 0 aromatic rings. The van der Waals surface area contributed by atoms with Gasteiger partial charge in [0.1, 0.15) is 0 Å². The van der Waals surface area contributed by atoms with Crippen molar-refractivity contribution in [2.45, 2.75) is 38.4 Å². The Morgan fingerprint density at radius 2 is 2.42 bits per heavy atom. The first kappa shape index (κ1) is 11.2. The fourth-order valence-electron chi connectivity index (χ4n) is 0.874. The van der Waals surface area contributed by atoms with Crippen LogP contribution < -0.4 is 0 Å². The van der Waals surface area contributed by atoms with Gasteiger partial charge in [0.05, 0.1) is 6.61 Å². The molecule has 1 rings (SSSR count). The van der Waals surface area contributed by atoms with E-state index in [1.54, 1.807) is 0 Å². The molecule has 2 atom stereocenters. The van der Waals surface area contributed by atoms with Gasteiger partial charge < -0.3 is 4.52 Å². The minimum Gasteiger partial charge on any atom is -0.339 e. The molecule has 0 radical (unpaired) electrons. The molecule has 1 aliphatic heterocycles. The molecule has 0 N–H and O–H groups in total. The van der Waals surface area contributed by atoms with Crippen molar-refractivity contribution in [2.75, 3.05) is 12.4 Å². The summed E-state index contributed by atoms with van der Waals surface area (Å²) >= 11 is 4.07. The molecule has 1 nitrogen and oxygen atoms in total. The largest absolute Gasteiger partial charge is 0.339 e. The Morgan fingerprint density at radius 1 is 1.58 bits per heavy atom. The molecule has 1 aliphatic rings. The highest BCUT2D eigenvalue weighted by Gasteiger charge is 2.20. The fourth-order valence-corrected chi connectivity index (χ4v) is 8.16. The lowest BCUT2D eigenvalue weighted by Gasteiger charge is -2.24. The van der Waals surface area contributed by atoms with Crippen LogP contribution in [-0.2, 0) is 4.52 Å². The molecule has 12 heavy (non-hydrogen) atoms. The molecule has 2 unspecified atom stereocenters. The predicted molar refractivity (Wildman–Crippen MR) is 61.9 cm³/mol. The van der Waals surface area contributed by atoms with Gasteiger partial charge in [0.2, 0.25) is 0 Å². The van der Waals surface area contributed by atoms with Crippen LogP contribution >= 0.6 is 29.3 Å². The van der Waals surface area contributed by atoms with Gasteiger partial charge in [-0.25, -0.2) is 0 Å². The van der Waals surface area contributed by atoms with Crippen LogP contribution in [0.15, 0.2) is 0 Å². The smallest absolute Gasteiger partial charge is 0.152 e. The highest BCUT2D eigenvalue weighted by Crippen LogP contribution is 2.66. The average Bonchev–Trinajstić information content (AvgIpc) is 2.05. The van der Waals surface area contributed by atoms with Gasteiger partial charge in [-0.15, -0.1) is 0 Å². The number of rotatable bonds is 4. The summed E-state index contributed by atoms with van der Waals surface area (Å²) in [5.41, 5.74) is 0. The Labute approximate surface area is 84.7 Å². The van der Waals surface area contributed by atoms with Crippen molar-refractivity contribution in [3.05, 3.63) is 0 Å². The van der Waals surface area contributed by atoms with Gasteiger partial charge in [-0.05, 0) is 12.8 Å². The van der Waals surface area contributed by atoms with E-state index >= 15 is 0 Å². The lowest BCUT2D eigenvalue weighted by molar-refractivity contribution is 0.356. The van der Waals surface area contributed by atoms with Gasteiger partial charge in [-0.1, -0.05) is 43.0 Å². The Morgan fingerprint density at radius 3 is 3.08 bits per heavy atom. The first-order chi connectivity index (χ1) is 5.83. The van der Waals surface area contributed by atoms with E-state index in [2.05, 4.69) is 13.8 Å². The molecule has 0 aromatic carbocycles. The van der Waals surface area contributed by atoms with Crippen molar-refractivity contribution in [1.82, 2.24) is 0 Å². The zero-order valence-electron chi connectivity index (χ0n) is 7.78. The summed E-state index contributed by atoms with van der Waals surface area (Å²) in [4.78, 5) is 0. The summed E-state index contributed by atoms with van der Waals surface area (Å²) in [5.74, 6) is 1.30. The molecule has 1 saturated heterocycles. The molecule has 0 amide bonds. The molecule has 0 aliphatic carbocycles. The van der Waals surface area contributed by atoms with Crippen LogP contribution in [0.3, 0.4) is 0 Å². The monoisotopic (exact) mass is 224 g/mol. The zero-order valence-corrected chi connectivity index (χ0v) is 10.3. The molecule has 72 valence electrons. The lowest BCUT2D eigenvalue weighted by Crippen LogP contribution is -2.01. The van der Waals surface area contributed by atoms with Crippen molar-refractivity contribution in [3.8, 4) is 0 Å². The summed E-state index contributed by atoms with van der Waals surface area (Å²) in [6, 6.07) is 0. The van der Waals surface area contributed by atoms with E-state index in [1.807, 2.05) is 22.8 Å². The van der Waals surface area contributed by atoms with Gasteiger partial charge >= 0.3 is 0 Å². The zero-order chi connectivity index (χ0) is 8.81. The lowest BCUT2D eigenvalue weighted by atomic mass is 10.4. The summed E-state index contributed by atoms with van der Waals surface area (Å²) in [6.07, 6.45) is 3.81. The van der Waals surface area contributed by atoms with Crippen LogP contribution in [0.25, 0.3) is 0 Å². The standard InChI is InChI=1S/C8H17OPS2/c1-3-4-6-9-10-11-7-5-8(2)12-10/h8H,3-7H2,1-2H3. The van der Waals surface area contributed by atoms with Crippen LogP contribution in [0.4, 0.5) is 0 Å². The molecular formula is C8H17OPS2. The summed E-state index contributed by atoms with van der Waals surface area (Å²) < 4.78 is 5.78. The van der Waals surface area contributed by atoms with Crippen molar-refractivity contribution in [2.24, 2.45) is 0 Å². The third-order valence-corrected chi connectivity index (χ3v) is 8.60. The van der Waals surface area contributed by atoms with E-state index in [-0.39, 0.29) is 6.55 Å². The molecule has 0 bridgehead atoms. The van der Waals surface area contributed by atoms with Gasteiger partial charge in [0, 0.05) is 11.0 Å². The van der Waals surface area contributed by atoms with E-state index in [0.717, 1.165) is 11.9 Å². The highest BCUT2D eigenvalue weighted by molar-refractivity contribution is 8.87. The summed E-state index contributed by atoms with van der Waals surface area (Å²) in [7, 11) is 0. The quantitative estimate of drug-likeness (QED) is 0.521. The van der Waals surface area contributed by atoms with E-state index < -0.39 is 0 Å². The Kier molecular flexibility index (Phi) is 6.08. The minimum atomic E-state index is -0.189. The second-order valence-corrected chi connectivity index (χ2v) is 9.43. The van der Waals surface area contributed by atoms with E-state index in [0.29, 0.717) is 0 Å². The van der Waals surface area contributed by atoms with E-state index in [1.165, 1.54) is 25.0 Å². The van der Waals surface area contributed by atoms with Crippen molar-refractivity contribution in [1.29, 1.82) is 0 Å². The second kappa shape index (κ2) is 6.53.